The van der Waals surface area contributed by atoms with Gasteiger partial charge in [-0.25, -0.2) is 0 Å². The average molecular weight is 384 g/mol. The summed E-state index contributed by atoms with van der Waals surface area (Å²) in [7, 11) is 0. The van der Waals surface area contributed by atoms with Crippen LogP contribution in [0, 0.1) is 0 Å². The fourth-order valence-electron chi connectivity index (χ4n) is 4.76. The lowest BCUT2D eigenvalue weighted by atomic mass is 10.2. The van der Waals surface area contributed by atoms with Crippen LogP contribution >= 0.6 is 0 Å². The number of nitrogens with zero attached hydrogens (tertiary/aromatic N) is 4. The van der Waals surface area contributed by atoms with Crippen molar-refractivity contribution in [1.29, 1.82) is 0 Å². The van der Waals surface area contributed by atoms with Crippen molar-refractivity contribution in [2.24, 2.45) is 0 Å². The zero-order valence-electron chi connectivity index (χ0n) is 16.0. The predicted octanol–water partition coefficient (Wildman–Crippen LogP) is 6.08. The van der Waals surface area contributed by atoms with Gasteiger partial charge in [-0.2, -0.15) is 0 Å². The highest BCUT2D eigenvalue weighted by Gasteiger charge is 2.23. The van der Waals surface area contributed by atoms with Gasteiger partial charge in [-0.05, 0) is 42.5 Å². The van der Waals surface area contributed by atoms with Crippen molar-refractivity contribution in [3.8, 4) is 17.1 Å². The van der Waals surface area contributed by atoms with Crippen molar-refractivity contribution in [3.63, 3.8) is 0 Å². The van der Waals surface area contributed by atoms with E-state index >= 15 is 0 Å². The van der Waals surface area contributed by atoms with E-state index in [-0.39, 0.29) is 0 Å². The molecule has 2 aromatic carbocycles. The highest BCUT2D eigenvalue weighted by Crippen LogP contribution is 2.41. The van der Waals surface area contributed by atoms with Gasteiger partial charge in [0.15, 0.2) is 0 Å². The van der Waals surface area contributed by atoms with E-state index in [0.717, 1.165) is 28.2 Å². The third-order valence-electron chi connectivity index (χ3n) is 5.97. The van der Waals surface area contributed by atoms with Gasteiger partial charge in [-0.15, -0.1) is 0 Å². The van der Waals surface area contributed by atoms with E-state index in [1.165, 1.54) is 27.2 Å². The number of pyridine rings is 2. The number of hydrogen-bond donors (Lipinski definition) is 0. The first-order chi connectivity index (χ1) is 14.9. The molecule has 0 spiro atoms. The van der Waals surface area contributed by atoms with Gasteiger partial charge < -0.3 is 0 Å². The molecular formula is C26H16N4. The average Bonchev–Trinajstić information content (AvgIpc) is 3.46. The smallest absolute Gasteiger partial charge is 0.131 e. The first kappa shape index (κ1) is 15.7. The van der Waals surface area contributed by atoms with Crippen LogP contribution < -0.4 is 0 Å². The summed E-state index contributed by atoms with van der Waals surface area (Å²) >= 11 is 0. The SMILES string of the molecule is c1ccc(-n2c(-c3ccccn3)cc3c4ccnc5c6ccccc6n(c45)c32)cc1. The lowest BCUT2D eigenvalue weighted by Crippen LogP contribution is -2.00. The molecule has 30 heavy (non-hydrogen) atoms. The topological polar surface area (TPSA) is 35.1 Å². The summed E-state index contributed by atoms with van der Waals surface area (Å²) in [6, 6.07) is 29.5. The molecule has 0 bridgehead atoms. The van der Waals surface area contributed by atoms with Crippen LogP contribution in [-0.4, -0.2) is 18.9 Å². The normalized spacial score (nSPS) is 12.0. The molecule has 7 aromatic rings. The molecule has 0 N–H and O–H groups in total. The molecule has 0 atom stereocenters. The van der Waals surface area contributed by atoms with Crippen molar-refractivity contribution >= 4 is 38.4 Å². The van der Waals surface area contributed by atoms with E-state index in [4.69, 9.17) is 4.98 Å². The van der Waals surface area contributed by atoms with Gasteiger partial charge in [-0.3, -0.25) is 18.9 Å². The third-order valence-corrected chi connectivity index (χ3v) is 5.97. The molecule has 0 fully saturated rings. The van der Waals surface area contributed by atoms with Gasteiger partial charge in [0, 0.05) is 34.2 Å². The second kappa shape index (κ2) is 5.67. The summed E-state index contributed by atoms with van der Waals surface area (Å²) in [5.41, 5.74) is 7.72. The summed E-state index contributed by atoms with van der Waals surface area (Å²) in [6.45, 7) is 0. The molecule has 4 nitrogen and oxygen atoms in total. The molecule has 0 unspecified atom stereocenters. The molecule has 0 aliphatic heterocycles. The van der Waals surface area contributed by atoms with Crippen molar-refractivity contribution in [1.82, 2.24) is 18.9 Å². The Kier molecular flexibility index (Phi) is 2.97. The molecule has 0 aliphatic carbocycles. The van der Waals surface area contributed by atoms with Crippen LogP contribution in [0.2, 0.25) is 0 Å². The fraction of sp³-hybridized carbons (Fsp3) is 0. The summed E-state index contributed by atoms with van der Waals surface area (Å²) < 4.78 is 4.69. The zero-order valence-corrected chi connectivity index (χ0v) is 16.0. The summed E-state index contributed by atoms with van der Waals surface area (Å²) in [5, 5.41) is 3.62. The Bertz CT molecular complexity index is 1670. The minimum atomic E-state index is 0.957. The van der Waals surface area contributed by atoms with E-state index < -0.39 is 0 Å². The second-order valence-corrected chi connectivity index (χ2v) is 7.56. The van der Waals surface area contributed by atoms with E-state index in [1.54, 1.807) is 0 Å². The maximum absolute atomic E-state index is 4.73. The number of hydrogen-bond acceptors (Lipinski definition) is 2. The van der Waals surface area contributed by atoms with E-state index in [2.05, 4.69) is 86.7 Å². The molecular weight excluding hydrogens is 368 g/mol. The lowest BCUT2D eigenvalue weighted by molar-refractivity contribution is 1.08. The number of aromatic nitrogens is 4. The van der Waals surface area contributed by atoms with E-state index in [9.17, 15) is 0 Å². The molecule has 0 saturated heterocycles. The van der Waals surface area contributed by atoms with Crippen molar-refractivity contribution < 1.29 is 0 Å². The van der Waals surface area contributed by atoms with Crippen LogP contribution in [0.5, 0.6) is 0 Å². The predicted molar refractivity (Wildman–Crippen MR) is 121 cm³/mol. The number of fused-ring (bicyclic) bond motifs is 6. The van der Waals surface area contributed by atoms with Crippen LogP contribution in [0.15, 0.2) is 97.3 Å². The highest BCUT2D eigenvalue weighted by molar-refractivity contribution is 6.22. The van der Waals surface area contributed by atoms with Gasteiger partial charge in [0.25, 0.3) is 0 Å². The molecule has 0 aliphatic rings. The highest BCUT2D eigenvalue weighted by atomic mass is 15.1. The Morgan fingerprint density at radius 1 is 0.633 bits per heavy atom. The monoisotopic (exact) mass is 384 g/mol. The minimum absolute atomic E-state index is 0.957. The second-order valence-electron chi connectivity index (χ2n) is 7.56. The Morgan fingerprint density at radius 3 is 2.33 bits per heavy atom. The number of para-hydroxylation sites is 2. The molecule has 140 valence electrons. The van der Waals surface area contributed by atoms with Crippen LogP contribution in [0.3, 0.4) is 0 Å². The number of benzene rings is 2. The maximum atomic E-state index is 4.73. The van der Waals surface area contributed by atoms with Crippen molar-refractivity contribution in [2.75, 3.05) is 0 Å². The van der Waals surface area contributed by atoms with Crippen LogP contribution in [0.25, 0.3) is 55.4 Å². The first-order valence-corrected chi connectivity index (χ1v) is 10.0. The summed E-state index contributed by atoms with van der Waals surface area (Å²) in [4.78, 5) is 9.39. The summed E-state index contributed by atoms with van der Waals surface area (Å²) in [6.07, 6.45) is 3.77. The Morgan fingerprint density at radius 2 is 1.47 bits per heavy atom. The Labute approximate surface area is 172 Å². The largest absolute Gasteiger partial charge is 0.293 e. The number of rotatable bonds is 2. The lowest BCUT2D eigenvalue weighted by Gasteiger charge is -2.11. The van der Waals surface area contributed by atoms with E-state index in [0.29, 0.717) is 0 Å². The van der Waals surface area contributed by atoms with Crippen LogP contribution in [-0.2, 0) is 0 Å². The molecule has 0 amide bonds. The molecule has 4 heteroatoms. The maximum Gasteiger partial charge on any atom is 0.131 e. The molecule has 5 aromatic heterocycles. The summed E-state index contributed by atoms with van der Waals surface area (Å²) in [5.74, 6) is 0. The van der Waals surface area contributed by atoms with Crippen LogP contribution in [0.1, 0.15) is 0 Å². The first-order valence-electron chi connectivity index (χ1n) is 10.0. The van der Waals surface area contributed by atoms with Gasteiger partial charge in [0.1, 0.15) is 5.65 Å². The molecule has 5 heterocycles. The molecule has 7 rings (SSSR count). The minimum Gasteiger partial charge on any atom is -0.293 e. The van der Waals surface area contributed by atoms with Gasteiger partial charge in [0.2, 0.25) is 0 Å². The van der Waals surface area contributed by atoms with Crippen LogP contribution in [0.4, 0.5) is 0 Å². The fourth-order valence-corrected chi connectivity index (χ4v) is 4.76. The Hall–Kier alpha value is -4.18. The van der Waals surface area contributed by atoms with Gasteiger partial charge in [0.05, 0.1) is 27.9 Å². The quantitative estimate of drug-likeness (QED) is 0.362. The standard InChI is InChI=1S/C26H16N4/c1-2-8-17(9-3-1)29-23(21-11-6-7-14-27-21)16-20-18-13-15-28-24-19-10-4-5-12-22(19)30(25(18)24)26(20)29/h1-16H. The molecule has 0 saturated carbocycles. The van der Waals surface area contributed by atoms with E-state index in [1.807, 2.05) is 24.5 Å². The van der Waals surface area contributed by atoms with Crippen molar-refractivity contribution in [2.45, 2.75) is 0 Å². The zero-order chi connectivity index (χ0) is 19.7. The molecule has 0 radical (unpaired) electrons. The van der Waals surface area contributed by atoms with Gasteiger partial charge in [-0.1, -0.05) is 42.5 Å². The Balaban J connectivity index is 1.77. The van der Waals surface area contributed by atoms with Gasteiger partial charge >= 0.3 is 0 Å². The third kappa shape index (κ3) is 1.90. The van der Waals surface area contributed by atoms with Crippen molar-refractivity contribution in [3.05, 3.63) is 97.3 Å².